The van der Waals surface area contributed by atoms with Crippen LogP contribution in [0.25, 0.3) is 0 Å². The van der Waals surface area contributed by atoms with Crippen LogP contribution in [0.2, 0.25) is 0 Å². The van der Waals surface area contributed by atoms with E-state index in [1.54, 1.807) is 0 Å². The number of hydrogen-bond acceptors (Lipinski definition) is 2. The highest BCUT2D eigenvalue weighted by Crippen LogP contribution is 2.40. The fourth-order valence-corrected chi connectivity index (χ4v) is 4.17. The van der Waals surface area contributed by atoms with Crippen LogP contribution in [-0.4, -0.2) is 15.5 Å². The lowest BCUT2D eigenvalue weighted by atomic mass is 9.90. The second-order valence-electron chi connectivity index (χ2n) is 5.43. The van der Waals surface area contributed by atoms with E-state index >= 15 is 0 Å². The first-order chi connectivity index (χ1) is 8.84. The first-order valence-electron chi connectivity index (χ1n) is 6.49. The minimum absolute atomic E-state index is 0.0213. The molecule has 1 heterocycles. The molecule has 5 heteroatoms. The van der Waals surface area contributed by atoms with Gasteiger partial charge in [-0.2, -0.15) is 0 Å². The third-order valence-electron chi connectivity index (χ3n) is 3.72. The highest BCUT2D eigenvalue weighted by molar-refractivity contribution is 7.85. The van der Waals surface area contributed by atoms with E-state index < -0.39 is 22.4 Å². The normalized spacial score (nSPS) is 30.5. The molecule has 0 aliphatic carbocycles. The van der Waals surface area contributed by atoms with Crippen molar-refractivity contribution in [2.75, 3.05) is 0 Å². The lowest BCUT2D eigenvalue weighted by Crippen LogP contribution is -2.42. The summed E-state index contributed by atoms with van der Waals surface area (Å²) in [6.45, 7) is 7.67. The van der Waals surface area contributed by atoms with Crippen LogP contribution >= 0.6 is 0 Å². The fraction of sp³-hybridized carbons (Fsp3) is 0.571. The predicted octanol–water partition coefficient (Wildman–Crippen LogP) is 3.15. The zero-order chi connectivity index (χ0) is 14.3. The van der Waals surface area contributed by atoms with Crippen molar-refractivity contribution < 1.29 is 13.0 Å². The minimum atomic E-state index is -1.50. The van der Waals surface area contributed by atoms with Gasteiger partial charge in [-0.15, -0.1) is 0 Å². The summed E-state index contributed by atoms with van der Waals surface area (Å²) in [6.07, 6.45) is 0. The van der Waals surface area contributed by atoms with Gasteiger partial charge in [-0.25, -0.2) is 8.78 Å². The van der Waals surface area contributed by atoms with E-state index in [0.29, 0.717) is 0 Å². The van der Waals surface area contributed by atoms with Gasteiger partial charge in [-0.05, 0) is 18.1 Å². The van der Waals surface area contributed by atoms with Crippen LogP contribution in [0.3, 0.4) is 0 Å². The van der Waals surface area contributed by atoms with E-state index in [0.717, 1.165) is 12.1 Å². The number of benzene rings is 1. The van der Waals surface area contributed by atoms with Crippen LogP contribution in [0, 0.1) is 17.6 Å². The zero-order valence-electron chi connectivity index (χ0n) is 11.5. The molecular formula is C14H19F2NOS. The molecule has 1 aliphatic heterocycles. The van der Waals surface area contributed by atoms with Crippen molar-refractivity contribution in [2.24, 2.45) is 5.92 Å². The van der Waals surface area contributed by atoms with E-state index in [9.17, 15) is 13.0 Å². The Hall–Kier alpha value is -0.810. The van der Waals surface area contributed by atoms with Gasteiger partial charge in [-0.3, -0.25) is 4.21 Å². The number of nitrogens with one attached hydrogen (secondary N) is 1. The molecule has 1 N–H and O–H groups in total. The first kappa shape index (κ1) is 14.6. The van der Waals surface area contributed by atoms with Gasteiger partial charge in [0.25, 0.3) is 0 Å². The Balaban J connectivity index is 2.63. The average Bonchev–Trinajstić information content (AvgIpc) is 2.34. The number of halogens is 2. The third-order valence-corrected chi connectivity index (χ3v) is 5.65. The maximum atomic E-state index is 14.1. The Morgan fingerprint density at radius 3 is 2.37 bits per heavy atom. The molecule has 2 nitrogen and oxygen atoms in total. The molecule has 0 radical (unpaired) electrons. The van der Waals surface area contributed by atoms with Crippen LogP contribution in [-0.2, 0) is 10.8 Å². The minimum Gasteiger partial charge on any atom is -0.307 e. The predicted molar refractivity (Wildman–Crippen MR) is 72.4 cm³/mol. The molecule has 0 aromatic heterocycles. The van der Waals surface area contributed by atoms with Gasteiger partial charge in [-0.1, -0.05) is 27.7 Å². The summed E-state index contributed by atoms with van der Waals surface area (Å²) < 4.78 is 40.3. The molecule has 0 bridgehead atoms. The van der Waals surface area contributed by atoms with Gasteiger partial charge in [0.2, 0.25) is 0 Å². The maximum absolute atomic E-state index is 14.1. The van der Waals surface area contributed by atoms with Gasteiger partial charge >= 0.3 is 0 Å². The van der Waals surface area contributed by atoms with Crippen molar-refractivity contribution in [3.8, 4) is 0 Å². The summed E-state index contributed by atoms with van der Waals surface area (Å²) in [5.41, 5.74) is 0.234. The molecular weight excluding hydrogens is 268 g/mol. The Kier molecular flexibility index (Phi) is 4.06. The van der Waals surface area contributed by atoms with Crippen molar-refractivity contribution in [1.82, 2.24) is 5.32 Å². The molecule has 0 fully saturated rings. The average molecular weight is 287 g/mol. The highest BCUT2D eigenvalue weighted by atomic mass is 32.2. The first-order valence-corrected chi connectivity index (χ1v) is 7.70. The molecule has 2 rings (SSSR count). The van der Waals surface area contributed by atoms with Gasteiger partial charge in [0.1, 0.15) is 11.6 Å². The van der Waals surface area contributed by atoms with E-state index in [-0.39, 0.29) is 33.7 Å². The Labute approximate surface area is 115 Å². The number of hydrogen-bond donors (Lipinski definition) is 1. The fourth-order valence-electron chi connectivity index (χ4n) is 2.55. The Bertz CT molecular complexity index is 518. The van der Waals surface area contributed by atoms with Crippen LogP contribution in [0.1, 0.15) is 39.3 Å². The summed E-state index contributed by atoms with van der Waals surface area (Å²) >= 11 is 0. The van der Waals surface area contributed by atoms with E-state index in [1.165, 1.54) is 0 Å². The summed E-state index contributed by atoms with van der Waals surface area (Å²) in [5.74, 6) is -1.09. The summed E-state index contributed by atoms with van der Waals surface area (Å²) in [6, 6.07) is 2.00. The Morgan fingerprint density at radius 2 is 1.79 bits per heavy atom. The van der Waals surface area contributed by atoms with E-state index in [4.69, 9.17) is 0 Å². The number of rotatable bonds is 2. The van der Waals surface area contributed by atoms with Crippen molar-refractivity contribution in [3.63, 3.8) is 0 Å². The summed E-state index contributed by atoms with van der Waals surface area (Å²) in [4.78, 5) is 0.0312. The largest absolute Gasteiger partial charge is 0.307 e. The molecule has 4 atom stereocenters. The number of fused-ring (bicyclic) bond motifs is 1. The molecule has 1 aliphatic rings. The van der Waals surface area contributed by atoms with Crippen LogP contribution in [0.15, 0.2) is 17.0 Å². The topological polar surface area (TPSA) is 29.1 Å². The maximum Gasteiger partial charge on any atom is 0.139 e. The molecule has 1 aromatic carbocycles. The summed E-state index contributed by atoms with van der Waals surface area (Å²) in [5, 5.41) is 3.06. The molecule has 0 amide bonds. The quantitative estimate of drug-likeness (QED) is 0.905. The van der Waals surface area contributed by atoms with Gasteiger partial charge < -0.3 is 5.32 Å². The van der Waals surface area contributed by atoms with Gasteiger partial charge in [0.05, 0.1) is 15.7 Å². The molecule has 1 aromatic rings. The van der Waals surface area contributed by atoms with Crippen molar-refractivity contribution in [3.05, 3.63) is 29.3 Å². The molecule has 0 spiro atoms. The lowest BCUT2D eigenvalue weighted by Gasteiger charge is -2.37. The van der Waals surface area contributed by atoms with E-state index in [1.807, 2.05) is 27.7 Å². The van der Waals surface area contributed by atoms with Crippen LogP contribution in [0.4, 0.5) is 8.78 Å². The second kappa shape index (κ2) is 5.29. The zero-order valence-corrected chi connectivity index (χ0v) is 12.4. The van der Waals surface area contributed by atoms with Gasteiger partial charge in [0.15, 0.2) is 0 Å². The molecule has 106 valence electrons. The van der Waals surface area contributed by atoms with E-state index in [2.05, 4.69) is 5.32 Å². The monoisotopic (exact) mass is 287 g/mol. The second-order valence-corrected chi connectivity index (χ2v) is 7.18. The molecule has 0 saturated heterocycles. The molecule has 19 heavy (non-hydrogen) atoms. The van der Waals surface area contributed by atoms with Crippen molar-refractivity contribution >= 4 is 10.8 Å². The van der Waals surface area contributed by atoms with Gasteiger partial charge in [0, 0.05) is 22.9 Å². The molecule has 0 saturated carbocycles. The van der Waals surface area contributed by atoms with Crippen molar-refractivity contribution in [2.45, 2.75) is 49.9 Å². The highest BCUT2D eigenvalue weighted by Gasteiger charge is 2.40. The van der Waals surface area contributed by atoms with Crippen LogP contribution < -0.4 is 5.32 Å². The van der Waals surface area contributed by atoms with Crippen molar-refractivity contribution in [1.29, 1.82) is 0 Å². The SMILES string of the molecule is CC(C)NC1c2c(F)ccc(F)c2S(=O)C(C)C1C. The standard InChI is InChI=1S/C14H19F2NOS/c1-7(2)17-13-8(3)9(4)19(18)14-11(16)6-5-10(15)12(13)14/h5-9,13,17H,1-4H3. The third kappa shape index (κ3) is 2.46. The smallest absolute Gasteiger partial charge is 0.139 e. The Morgan fingerprint density at radius 1 is 1.21 bits per heavy atom. The van der Waals surface area contributed by atoms with Crippen LogP contribution in [0.5, 0.6) is 0 Å². The lowest BCUT2D eigenvalue weighted by molar-refractivity contribution is 0.328. The molecule has 4 unspecified atom stereocenters. The summed E-state index contributed by atoms with van der Waals surface area (Å²) in [7, 11) is -1.50.